The highest BCUT2D eigenvalue weighted by molar-refractivity contribution is 7.84. The minimum atomic E-state index is -1.17. The fourth-order valence-corrected chi connectivity index (χ4v) is 3.08. The van der Waals surface area contributed by atoms with Gasteiger partial charge >= 0.3 is 0 Å². The monoisotopic (exact) mass is 271 g/mol. The number of imidazole rings is 1. The van der Waals surface area contributed by atoms with Gasteiger partial charge in [0.2, 0.25) is 0 Å². The SMILES string of the molecule is Cn1ccnc1S(=O)Cc1ccc2ccccc2n1. The maximum Gasteiger partial charge on any atom is 0.199 e. The quantitative estimate of drug-likeness (QED) is 0.734. The van der Waals surface area contributed by atoms with E-state index in [1.165, 1.54) is 0 Å². The maximum atomic E-state index is 12.2. The van der Waals surface area contributed by atoms with Crippen molar-refractivity contribution in [2.24, 2.45) is 7.05 Å². The molecule has 1 aromatic carbocycles. The van der Waals surface area contributed by atoms with Crippen molar-refractivity contribution in [2.45, 2.75) is 10.9 Å². The van der Waals surface area contributed by atoms with Crippen LogP contribution in [0, 0.1) is 0 Å². The predicted molar refractivity (Wildman–Crippen MR) is 75.1 cm³/mol. The van der Waals surface area contributed by atoms with E-state index in [0.29, 0.717) is 10.9 Å². The van der Waals surface area contributed by atoms with E-state index in [1.54, 1.807) is 17.0 Å². The summed E-state index contributed by atoms with van der Waals surface area (Å²) in [7, 11) is 0.673. The lowest BCUT2D eigenvalue weighted by Crippen LogP contribution is -2.04. The molecule has 96 valence electrons. The molecule has 0 radical (unpaired) electrons. The van der Waals surface area contributed by atoms with Crippen molar-refractivity contribution in [3.63, 3.8) is 0 Å². The molecule has 0 aliphatic rings. The molecule has 3 rings (SSSR count). The van der Waals surface area contributed by atoms with E-state index in [1.807, 2.05) is 43.4 Å². The minimum absolute atomic E-state index is 0.385. The molecule has 0 N–H and O–H groups in total. The zero-order valence-corrected chi connectivity index (χ0v) is 11.3. The second-order valence-corrected chi connectivity index (χ2v) is 5.65. The van der Waals surface area contributed by atoms with E-state index < -0.39 is 10.8 Å². The van der Waals surface area contributed by atoms with Gasteiger partial charge in [-0.15, -0.1) is 0 Å². The Balaban J connectivity index is 1.89. The third kappa shape index (κ3) is 2.42. The summed E-state index contributed by atoms with van der Waals surface area (Å²) in [6, 6.07) is 11.8. The zero-order chi connectivity index (χ0) is 13.2. The van der Waals surface area contributed by atoms with E-state index in [0.717, 1.165) is 16.6 Å². The molecule has 19 heavy (non-hydrogen) atoms. The third-order valence-corrected chi connectivity index (χ3v) is 4.27. The van der Waals surface area contributed by atoms with Crippen molar-refractivity contribution in [3.8, 4) is 0 Å². The third-order valence-electron chi connectivity index (χ3n) is 2.92. The summed E-state index contributed by atoms with van der Waals surface area (Å²) in [5.74, 6) is 0.385. The first kappa shape index (κ1) is 12.0. The van der Waals surface area contributed by atoms with Crippen LogP contribution in [0.4, 0.5) is 0 Å². The number of nitrogens with zero attached hydrogens (tertiary/aromatic N) is 3. The summed E-state index contributed by atoms with van der Waals surface area (Å²) in [6.45, 7) is 0. The molecular weight excluding hydrogens is 258 g/mol. The number of pyridine rings is 1. The minimum Gasteiger partial charge on any atom is -0.327 e. The van der Waals surface area contributed by atoms with Gasteiger partial charge in [-0.3, -0.25) is 9.19 Å². The molecule has 5 heteroatoms. The molecule has 2 heterocycles. The van der Waals surface area contributed by atoms with Gasteiger partial charge < -0.3 is 4.57 Å². The predicted octanol–water partition coefficient (Wildman–Crippen LogP) is 2.28. The molecule has 3 aromatic rings. The summed E-state index contributed by atoms with van der Waals surface area (Å²) in [5.41, 5.74) is 1.75. The Bertz CT molecular complexity index is 751. The first-order valence-electron chi connectivity index (χ1n) is 5.94. The number of para-hydroxylation sites is 1. The van der Waals surface area contributed by atoms with Crippen molar-refractivity contribution >= 4 is 21.7 Å². The second kappa shape index (κ2) is 4.93. The molecule has 0 bridgehead atoms. The maximum absolute atomic E-state index is 12.2. The van der Waals surface area contributed by atoms with Gasteiger partial charge in [0.15, 0.2) is 5.16 Å². The highest BCUT2D eigenvalue weighted by Gasteiger charge is 2.11. The standard InChI is InChI=1S/C14H13N3OS/c1-17-9-8-15-14(17)19(18)10-12-7-6-11-4-2-3-5-13(11)16-12/h2-9H,10H2,1H3. The van der Waals surface area contributed by atoms with Gasteiger partial charge in [-0.25, -0.2) is 4.98 Å². The summed E-state index contributed by atoms with van der Waals surface area (Å²) in [5, 5.41) is 1.67. The van der Waals surface area contributed by atoms with Gasteiger partial charge in [0.25, 0.3) is 0 Å². The summed E-state index contributed by atoms with van der Waals surface area (Å²) < 4.78 is 14.0. The fourth-order valence-electron chi connectivity index (χ4n) is 1.96. The van der Waals surface area contributed by atoms with Gasteiger partial charge in [0.1, 0.15) is 0 Å². The van der Waals surface area contributed by atoms with Gasteiger partial charge in [-0.2, -0.15) is 0 Å². The molecule has 0 aliphatic carbocycles. The number of aryl methyl sites for hydroxylation is 1. The van der Waals surface area contributed by atoms with Gasteiger partial charge in [0.05, 0.1) is 27.8 Å². The fraction of sp³-hybridized carbons (Fsp3) is 0.143. The number of aromatic nitrogens is 3. The Morgan fingerprint density at radius 2 is 2.05 bits per heavy atom. The van der Waals surface area contributed by atoms with Crippen LogP contribution in [-0.4, -0.2) is 18.7 Å². The molecule has 1 atom stereocenters. The molecule has 1 unspecified atom stereocenters. The van der Waals surface area contributed by atoms with Crippen LogP contribution in [0.5, 0.6) is 0 Å². The van der Waals surface area contributed by atoms with Crippen LogP contribution in [-0.2, 0) is 23.6 Å². The number of fused-ring (bicyclic) bond motifs is 1. The normalized spacial score (nSPS) is 12.7. The van der Waals surface area contributed by atoms with Crippen LogP contribution >= 0.6 is 0 Å². The molecule has 2 aromatic heterocycles. The van der Waals surface area contributed by atoms with Crippen molar-refractivity contribution in [2.75, 3.05) is 0 Å². The summed E-state index contributed by atoms with van der Waals surface area (Å²) in [4.78, 5) is 8.63. The highest BCUT2D eigenvalue weighted by Crippen LogP contribution is 2.14. The molecule has 0 saturated heterocycles. The molecule has 0 amide bonds. The molecule has 0 spiro atoms. The average Bonchev–Trinajstić information content (AvgIpc) is 2.85. The van der Waals surface area contributed by atoms with E-state index >= 15 is 0 Å². The lowest BCUT2D eigenvalue weighted by Gasteiger charge is -2.03. The lowest BCUT2D eigenvalue weighted by molar-refractivity contribution is 0.664. The number of rotatable bonds is 3. The highest BCUT2D eigenvalue weighted by atomic mass is 32.2. The Kier molecular flexibility index (Phi) is 3.13. The van der Waals surface area contributed by atoms with E-state index in [4.69, 9.17) is 0 Å². The molecule has 0 fully saturated rings. The van der Waals surface area contributed by atoms with Crippen molar-refractivity contribution in [3.05, 3.63) is 54.5 Å². The first-order valence-corrected chi connectivity index (χ1v) is 7.26. The van der Waals surface area contributed by atoms with Crippen LogP contribution in [0.1, 0.15) is 5.69 Å². The van der Waals surface area contributed by atoms with Gasteiger partial charge in [0, 0.05) is 24.8 Å². The van der Waals surface area contributed by atoms with Crippen molar-refractivity contribution in [1.29, 1.82) is 0 Å². The Hall–Kier alpha value is -2.01. The number of hydrogen-bond acceptors (Lipinski definition) is 3. The van der Waals surface area contributed by atoms with Gasteiger partial charge in [-0.1, -0.05) is 24.3 Å². The average molecular weight is 271 g/mol. The topological polar surface area (TPSA) is 47.8 Å². The van der Waals surface area contributed by atoms with Gasteiger partial charge in [-0.05, 0) is 12.1 Å². The Morgan fingerprint density at radius 1 is 1.21 bits per heavy atom. The lowest BCUT2D eigenvalue weighted by atomic mass is 10.2. The zero-order valence-electron chi connectivity index (χ0n) is 10.5. The smallest absolute Gasteiger partial charge is 0.199 e. The van der Waals surface area contributed by atoms with Crippen molar-refractivity contribution < 1.29 is 4.21 Å². The largest absolute Gasteiger partial charge is 0.327 e. The first-order chi connectivity index (χ1) is 9.24. The van der Waals surface area contributed by atoms with E-state index in [-0.39, 0.29) is 0 Å². The van der Waals surface area contributed by atoms with E-state index in [9.17, 15) is 4.21 Å². The van der Waals surface area contributed by atoms with E-state index in [2.05, 4.69) is 9.97 Å². The number of benzene rings is 1. The van der Waals surface area contributed by atoms with Crippen LogP contribution < -0.4 is 0 Å². The Morgan fingerprint density at radius 3 is 2.84 bits per heavy atom. The summed E-state index contributed by atoms with van der Waals surface area (Å²) in [6.07, 6.45) is 3.45. The van der Waals surface area contributed by atoms with Crippen LogP contribution in [0.15, 0.2) is 53.9 Å². The second-order valence-electron chi connectivity index (χ2n) is 4.31. The summed E-state index contributed by atoms with van der Waals surface area (Å²) >= 11 is 0. The van der Waals surface area contributed by atoms with Crippen LogP contribution in [0.3, 0.4) is 0 Å². The molecule has 0 aliphatic heterocycles. The van der Waals surface area contributed by atoms with Crippen LogP contribution in [0.25, 0.3) is 10.9 Å². The Labute approximate surface area is 113 Å². The number of hydrogen-bond donors (Lipinski definition) is 0. The molecular formula is C14H13N3OS. The van der Waals surface area contributed by atoms with Crippen LogP contribution in [0.2, 0.25) is 0 Å². The van der Waals surface area contributed by atoms with Crippen molar-refractivity contribution in [1.82, 2.24) is 14.5 Å². The molecule has 4 nitrogen and oxygen atoms in total. The molecule has 0 saturated carbocycles.